The molecule has 2 aromatic carbocycles. The van der Waals surface area contributed by atoms with E-state index in [1.807, 2.05) is 0 Å². The van der Waals surface area contributed by atoms with Crippen LogP contribution in [0.2, 0.25) is 0 Å². The molecule has 1 atom stereocenters. The molecule has 1 aliphatic rings. The molecule has 1 heterocycles. The van der Waals surface area contributed by atoms with Crippen LogP contribution in [0.1, 0.15) is 12.0 Å². The molecule has 1 fully saturated rings. The van der Waals surface area contributed by atoms with Crippen molar-refractivity contribution in [3.05, 3.63) is 65.5 Å². The molecule has 0 bridgehead atoms. The Labute approximate surface area is 154 Å². The first kappa shape index (κ1) is 18.8. The summed E-state index contributed by atoms with van der Waals surface area (Å²) in [6.07, 6.45) is 0.259. The van der Waals surface area contributed by atoms with Gasteiger partial charge in [0.1, 0.15) is 23.1 Å². The predicted molar refractivity (Wildman–Crippen MR) is 93.3 cm³/mol. The van der Waals surface area contributed by atoms with Gasteiger partial charge in [-0.05, 0) is 29.8 Å². The van der Waals surface area contributed by atoms with Crippen LogP contribution in [0.25, 0.3) is 0 Å². The molecule has 2 N–H and O–H groups in total. The van der Waals surface area contributed by atoms with Crippen molar-refractivity contribution in [2.45, 2.75) is 13.0 Å². The Morgan fingerprint density at radius 2 is 1.74 bits per heavy atom. The fourth-order valence-electron chi connectivity index (χ4n) is 2.97. The van der Waals surface area contributed by atoms with E-state index in [1.165, 1.54) is 18.2 Å². The molecular formula is C19H18F3N3O2. The van der Waals surface area contributed by atoms with Crippen LogP contribution < -0.4 is 10.6 Å². The van der Waals surface area contributed by atoms with Crippen molar-refractivity contribution in [2.24, 2.45) is 5.92 Å². The van der Waals surface area contributed by atoms with Crippen LogP contribution in [0.4, 0.5) is 23.7 Å². The Kier molecular flexibility index (Phi) is 5.63. The van der Waals surface area contributed by atoms with Gasteiger partial charge in [-0.15, -0.1) is 0 Å². The number of benzene rings is 2. The van der Waals surface area contributed by atoms with E-state index in [1.54, 1.807) is 17.0 Å². The van der Waals surface area contributed by atoms with E-state index >= 15 is 0 Å². The third-order valence-electron chi connectivity index (χ3n) is 4.33. The number of para-hydroxylation sites is 1. The highest BCUT2D eigenvalue weighted by Gasteiger charge is 2.29. The molecule has 0 saturated carbocycles. The summed E-state index contributed by atoms with van der Waals surface area (Å²) in [6, 6.07) is 8.44. The first-order valence-corrected chi connectivity index (χ1v) is 8.43. The summed E-state index contributed by atoms with van der Waals surface area (Å²) in [5, 5.41) is 4.66. The second-order valence-corrected chi connectivity index (χ2v) is 6.40. The summed E-state index contributed by atoms with van der Waals surface area (Å²) >= 11 is 0. The van der Waals surface area contributed by atoms with Gasteiger partial charge in [-0.2, -0.15) is 0 Å². The molecule has 3 rings (SSSR count). The van der Waals surface area contributed by atoms with Crippen LogP contribution in [0.3, 0.4) is 0 Å². The zero-order chi connectivity index (χ0) is 19.4. The number of nitrogens with one attached hydrogen (secondary N) is 2. The monoisotopic (exact) mass is 377 g/mol. The van der Waals surface area contributed by atoms with Crippen molar-refractivity contribution in [2.75, 3.05) is 18.4 Å². The van der Waals surface area contributed by atoms with Gasteiger partial charge in [0, 0.05) is 32.0 Å². The number of halogens is 3. The van der Waals surface area contributed by atoms with Crippen LogP contribution in [-0.4, -0.2) is 29.9 Å². The lowest BCUT2D eigenvalue weighted by Crippen LogP contribution is -2.34. The molecule has 27 heavy (non-hydrogen) atoms. The molecular weight excluding hydrogens is 359 g/mol. The second-order valence-electron chi connectivity index (χ2n) is 6.40. The predicted octanol–water partition coefficient (Wildman–Crippen LogP) is 3.27. The lowest BCUT2D eigenvalue weighted by molar-refractivity contribution is -0.128. The van der Waals surface area contributed by atoms with Crippen molar-refractivity contribution in [3.63, 3.8) is 0 Å². The van der Waals surface area contributed by atoms with Gasteiger partial charge in [-0.1, -0.05) is 18.2 Å². The number of carbonyl (C=O) groups excluding carboxylic acids is 2. The summed E-state index contributed by atoms with van der Waals surface area (Å²) in [5.41, 5.74) is 0.293. The van der Waals surface area contributed by atoms with Crippen LogP contribution in [0.5, 0.6) is 0 Å². The van der Waals surface area contributed by atoms with E-state index in [4.69, 9.17) is 0 Å². The molecule has 142 valence electrons. The second kappa shape index (κ2) is 8.11. The van der Waals surface area contributed by atoms with Crippen molar-refractivity contribution < 1.29 is 22.8 Å². The van der Waals surface area contributed by atoms with Crippen LogP contribution in [0, 0.1) is 23.4 Å². The molecule has 5 nitrogen and oxygen atoms in total. The van der Waals surface area contributed by atoms with E-state index in [2.05, 4.69) is 10.6 Å². The minimum absolute atomic E-state index is 0.0633. The lowest BCUT2D eigenvalue weighted by atomic mass is 10.1. The average Bonchev–Trinajstić information content (AvgIpc) is 2.98. The van der Waals surface area contributed by atoms with E-state index in [0.717, 1.165) is 17.7 Å². The average molecular weight is 377 g/mol. The van der Waals surface area contributed by atoms with Gasteiger partial charge in [0.15, 0.2) is 0 Å². The highest BCUT2D eigenvalue weighted by molar-refractivity contribution is 5.89. The fourth-order valence-corrected chi connectivity index (χ4v) is 2.97. The Balaban J connectivity index is 1.49. The smallest absolute Gasteiger partial charge is 0.319 e. The third-order valence-corrected chi connectivity index (χ3v) is 4.33. The minimum atomic E-state index is -0.869. The molecule has 0 aromatic heterocycles. The molecule has 0 radical (unpaired) electrons. The number of rotatable bonds is 5. The maximum Gasteiger partial charge on any atom is 0.319 e. The number of hydrogen-bond acceptors (Lipinski definition) is 2. The maximum atomic E-state index is 13.5. The molecule has 2 aromatic rings. The van der Waals surface area contributed by atoms with Gasteiger partial charge in [-0.25, -0.2) is 18.0 Å². The number of amides is 3. The topological polar surface area (TPSA) is 61.4 Å². The van der Waals surface area contributed by atoms with E-state index < -0.39 is 23.4 Å². The highest BCUT2D eigenvalue weighted by Crippen LogP contribution is 2.20. The summed E-state index contributed by atoms with van der Waals surface area (Å²) in [4.78, 5) is 25.6. The molecule has 1 unspecified atom stereocenters. The first-order chi connectivity index (χ1) is 12.9. The number of likely N-dealkylation sites (tertiary alicyclic amines) is 1. The summed E-state index contributed by atoms with van der Waals surface area (Å²) < 4.78 is 40.0. The van der Waals surface area contributed by atoms with Crippen molar-refractivity contribution in [1.29, 1.82) is 0 Å². The fraction of sp³-hybridized carbons (Fsp3) is 0.263. The quantitative estimate of drug-likeness (QED) is 0.840. The highest BCUT2D eigenvalue weighted by atomic mass is 19.1. The summed E-state index contributed by atoms with van der Waals surface area (Å²) in [7, 11) is 0. The van der Waals surface area contributed by atoms with Crippen molar-refractivity contribution >= 4 is 17.6 Å². The normalized spacial score (nSPS) is 16.5. The van der Waals surface area contributed by atoms with Crippen LogP contribution >= 0.6 is 0 Å². The molecule has 3 amide bonds. The zero-order valence-electron chi connectivity index (χ0n) is 14.3. The Morgan fingerprint density at radius 3 is 2.41 bits per heavy atom. The molecule has 0 spiro atoms. The van der Waals surface area contributed by atoms with Crippen LogP contribution in [-0.2, 0) is 11.3 Å². The largest absolute Gasteiger partial charge is 0.338 e. The van der Waals surface area contributed by atoms with Gasteiger partial charge in [-0.3, -0.25) is 4.79 Å². The maximum absolute atomic E-state index is 13.5. The number of hydrogen-bond donors (Lipinski definition) is 2. The number of urea groups is 1. The van der Waals surface area contributed by atoms with E-state index in [-0.39, 0.29) is 30.6 Å². The number of nitrogens with zero attached hydrogens (tertiary/aromatic N) is 1. The molecule has 1 saturated heterocycles. The van der Waals surface area contributed by atoms with Gasteiger partial charge >= 0.3 is 6.03 Å². The van der Waals surface area contributed by atoms with Gasteiger partial charge < -0.3 is 15.5 Å². The van der Waals surface area contributed by atoms with Gasteiger partial charge in [0.2, 0.25) is 5.91 Å². The van der Waals surface area contributed by atoms with Gasteiger partial charge in [0.05, 0.1) is 0 Å². The summed E-state index contributed by atoms with van der Waals surface area (Å²) in [6.45, 7) is 0.986. The molecule has 8 heteroatoms. The SMILES string of the molecule is O=C(NCC1CC(=O)N(Cc2ccc(F)cc2)C1)Nc1c(F)cccc1F. The molecule has 1 aliphatic heterocycles. The van der Waals surface area contributed by atoms with E-state index in [0.29, 0.717) is 13.1 Å². The Bertz CT molecular complexity index is 822. The minimum Gasteiger partial charge on any atom is -0.338 e. The van der Waals surface area contributed by atoms with Crippen molar-refractivity contribution in [1.82, 2.24) is 10.2 Å². The van der Waals surface area contributed by atoms with Crippen molar-refractivity contribution in [3.8, 4) is 0 Å². The first-order valence-electron chi connectivity index (χ1n) is 8.43. The summed E-state index contributed by atoms with van der Waals surface area (Å²) in [5.74, 6) is -2.26. The molecule has 0 aliphatic carbocycles. The standard InChI is InChI=1S/C19H18F3N3O2/c20-14-6-4-12(5-7-14)10-25-11-13(8-17(25)26)9-23-19(27)24-18-15(21)2-1-3-16(18)22/h1-7,13H,8-11H2,(H2,23,24,27). The number of anilines is 1. The number of carbonyl (C=O) groups is 2. The lowest BCUT2D eigenvalue weighted by Gasteiger charge is -2.17. The third kappa shape index (κ3) is 4.78. The van der Waals surface area contributed by atoms with E-state index in [9.17, 15) is 22.8 Å². The Hall–Kier alpha value is -3.03. The van der Waals surface area contributed by atoms with Gasteiger partial charge in [0.25, 0.3) is 0 Å². The van der Waals surface area contributed by atoms with Crippen LogP contribution in [0.15, 0.2) is 42.5 Å². The zero-order valence-corrected chi connectivity index (χ0v) is 14.3. The Morgan fingerprint density at radius 1 is 1.07 bits per heavy atom.